The van der Waals surface area contributed by atoms with Crippen LogP contribution in [0.5, 0.6) is 0 Å². The molecule has 1 nitrogen and oxygen atoms in total. The van der Waals surface area contributed by atoms with Gasteiger partial charge in [-0.05, 0) is 29.2 Å². The minimum atomic E-state index is 0.967. The average molecular weight is 233 g/mol. The molecule has 0 saturated heterocycles. The molecule has 0 radical (unpaired) electrons. The fourth-order valence-corrected chi connectivity index (χ4v) is 2.24. The smallest absolute Gasteiger partial charge is 0.0489 e. The summed E-state index contributed by atoms with van der Waals surface area (Å²) in [5, 5.41) is 0. The van der Waals surface area contributed by atoms with E-state index in [2.05, 4.69) is 65.6 Å². The first-order valence-electron chi connectivity index (χ1n) is 6.19. The van der Waals surface area contributed by atoms with Crippen molar-refractivity contribution in [2.45, 2.75) is 6.42 Å². The second kappa shape index (κ2) is 4.92. The summed E-state index contributed by atoms with van der Waals surface area (Å²) < 4.78 is 0. The lowest BCUT2D eigenvalue weighted by atomic mass is 10.0. The number of hydrogen-bond acceptors (Lipinski definition) is 0. The Labute approximate surface area is 107 Å². The molecule has 0 unspecified atom stereocenters. The lowest BCUT2D eigenvalue weighted by Crippen LogP contribution is -1.89. The van der Waals surface area contributed by atoms with Crippen LogP contribution in [0.25, 0.3) is 11.3 Å². The molecule has 0 amide bonds. The van der Waals surface area contributed by atoms with Gasteiger partial charge in [0.1, 0.15) is 0 Å². The second-order valence-electron chi connectivity index (χ2n) is 4.41. The summed E-state index contributed by atoms with van der Waals surface area (Å²) in [6, 6.07) is 23.2. The molecule has 0 aliphatic heterocycles. The van der Waals surface area contributed by atoms with Crippen molar-refractivity contribution >= 4 is 0 Å². The molecule has 3 aromatic rings. The maximum Gasteiger partial charge on any atom is 0.0489 e. The van der Waals surface area contributed by atoms with Gasteiger partial charge in [-0.1, -0.05) is 60.7 Å². The Bertz CT molecular complexity index is 608. The zero-order valence-corrected chi connectivity index (χ0v) is 10.1. The Kier molecular flexibility index (Phi) is 2.97. The van der Waals surface area contributed by atoms with Crippen molar-refractivity contribution in [3.05, 3.63) is 84.1 Å². The molecule has 1 N–H and O–H groups in total. The number of hydrogen-bond donors (Lipinski definition) is 1. The molecule has 0 aliphatic rings. The number of nitrogens with one attached hydrogen (secondary N) is 1. The third kappa shape index (κ3) is 2.21. The van der Waals surface area contributed by atoms with Gasteiger partial charge in [-0.25, -0.2) is 0 Å². The van der Waals surface area contributed by atoms with E-state index >= 15 is 0 Å². The highest BCUT2D eigenvalue weighted by atomic mass is 14.7. The molecule has 1 heteroatoms. The fraction of sp³-hybridized carbons (Fsp3) is 0.0588. The van der Waals surface area contributed by atoms with E-state index < -0.39 is 0 Å². The van der Waals surface area contributed by atoms with Gasteiger partial charge in [0, 0.05) is 11.9 Å². The van der Waals surface area contributed by atoms with E-state index in [0.29, 0.717) is 0 Å². The van der Waals surface area contributed by atoms with Gasteiger partial charge in [0.25, 0.3) is 0 Å². The number of aromatic nitrogens is 1. The van der Waals surface area contributed by atoms with Crippen LogP contribution in [0, 0.1) is 0 Å². The summed E-state index contributed by atoms with van der Waals surface area (Å²) in [5.74, 6) is 0. The van der Waals surface area contributed by atoms with Crippen LogP contribution in [0.2, 0.25) is 0 Å². The van der Waals surface area contributed by atoms with Crippen LogP contribution >= 0.6 is 0 Å². The minimum Gasteiger partial charge on any atom is -0.361 e. The molecule has 2 aromatic carbocycles. The summed E-state index contributed by atoms with van der Waals surface area (Å²) in [5.41, 5.74) is 5.15. The van der Waals surface area contributed by atoms with Gasteiger partial charge in [0.15, 0.2) is 0 Å². The predicted molar refractivity (Wildman–Crippen MR) is 75.5 cm³/mol. The second-order valence-corrected chi connectivity index (χ2v) is 4.41. The van der Waals surface area contributed by atoms with Crippen molar-refractivity contribution in [3.8, 4) is 11.3 Å². The molecular weight excluding hydrogens is 218 g/mol. The van der Waals surface area contributed by atoms with Gasteiger partial charge in [0.2, 0.25) is 0 Å². The predicted octanol–water partition coefficient (Wildman–Crippen LogP) is 4.27. The van der Waals surface area contributed by atoms with Gasteiger partial charge in [-0.2, -0.15) is 0 Å². The Morgan fingerprint density at radius 1 is 0.722 bits per heavy atom. The number of aromatic amines is 1. The van der Waals surface area contributed by atoms with Crippen molar-refractivity contribution in [1.29, 1.82) is 0 Å². The highest BCUT2D eigenvalue weighted by molar-refractivity contribution is 5.64. The molecule has 1 aromatic heterocycles. The van der Waals surface area contributed by atoms with Gasteiger partial charge >= 0.3 is 0 Å². The Morgan fingerprint density at radius 3 is 2.11 bits per heavy atom. The SMILES string of the molecule is c1ccc(Cc2cc[nH]c2-c2ccccc2)cc1. The lowest BCUT2D eigenvalue weighted by molar-refractivity contribution is 1.20. The molecule has 0 spiro atoms. The highest BCUT2D eigenvalue weighted by Crippen LogP contribution is 2.23. The van der Waals surface area contributed by atoms with E-state index in [1.807, 2.05) is 12.3 Å². The molecular formula is C17H15N. The van der Waals surface area contributed by atoms with Gasteiger partial charge < -0.3 is 4.98 Å². The summed E-state index contributed by atoms with van der Waals surface area (Å²) in [6.07, 6.45) is 2.98. The quantitative estimate of drug-likeness (QED) is 0.695. The molecule has 88 valence electrons. The first-order chi connectivity index (χ1) is 8.93. The number of rotatable bonds is 3. The number of benzene rings is 2. The van der Waals surface area contributed by atoms with Crippen LogP contribution in [0.15, 0.2) is 72.9 Å². The molecule has 3 rings (SSSR count). The Morgan fingerprint density at radius 2 is 1.39 bits per heavy atom. The average Bonchev–Trinajstić information content (AvgIpc) is 2.89. The van der Waals surface area contributed by atoms with Crippen molar-refractivity contribution in [2.75, 3.05) is 0 Å². The number of H-pyrrole nitrogens is 1. The Balaban J connectivity index is 1.93. The molecule has 0 atom stereocenters. The monoisotopic (exact) mass is 233 g/mol. The van der Waals surface area contributed by atoms with E-state index in [4.69, 9.17) is 0 Å². The van der Waals surface area contributed by atoms with Crippen molar-refractivity contribution in [2.24, 2.45) is 0 Å². The topological polar surface area (TPSA) is 15.8 Å². The third-order valence-electron chi connectivity index (χ3n) is 3.13. The van der Waals surface area contributed by atoms with Crippen LogP contribution in [0.3, 0.4) is 0 Å². The first kappa shape index (κ1) is 10.8. The normalized spacial score (nSPS) is 10.4. The van der Waals surface area contributed by atoms with Crippen molar-refractivity contribution in [1.82, 2.24) is 4.98 Å². The zero-order valence-electron chi connectivity index (χ0n) is 10.1. The van der Waals surface area contributed by atoms with E-state index in [9.17, 15) is 0 Å². The fourth-order valence-electron chi connectivity index (χ4n) is 2.24. The minimum absolute atomic E-state index is 0.967. The van der Waals surface area contributed by atoms with Crippen LogP contribution in [0.4, 0.5) is 0 Å². The van der Waals surface area contributed by atoms with Crippen molar-refractivity contribution < 1.29 is 0 Å². The Hall–Kier alpha value is -2.28. The van der Waals surface area contributed by atoms with Gasteiger partial charge in [0.05, 0.1) is 0 Å². The van der Waals surface area contributed by atoms with E-state index in [-0.39, 0.29) is 0 Å². The third-order valence-corrected chi connectivity index (χ3v) is 3.13. The summed E-state index contributed by atoms with van der Waals surface area (Å²) >= 11 is 0. The van der Waals surface area contributed by atoms with Crippen LogP contribution in [0.1, 0.15) is 11.1 Å². The van der Waals surface area contributed by atoms with Crippen molar-refractivity contribution in [3.63, 3.8) is 0 Å². The molecule has 0 fully saturated rings. The first-order valence-corrected chi connectivity index (χ1v) is 6.19. The summed E-state index contributed by atoms with van der Waals surface area (Å²) in [7, 11) is 0. The van der Waals surface area contributed by atoms with E-state index in [0.717, 1.165) is 6.42 Å². The molecule has 0 aliphatic carbocycles. The van der Waals surface area contributed by atoms with Gasteiger partial charge in [-0.15, -0.1) is 0 Å². The standard InChI is InChI=1S/C17H15N/c1-3-7-14(8-4-1)13-16-11-12-18-17(16)15-9-5-2-6-10-15/h1-12,18H,13H2. The largest absolute Gasteiger partial charge is 0.361 e. The van der Waals surface area contributed by atoms with Gasteiger partial charge in [-0.3, -0.25) is 0 Å². The molecule has 0 saturated carbocycles. The van der Waals surface area contributed by atoms with Crippen LogP contribution < -0.4 is 0 Å². The molecule has 0 bridgehead atoms. The summed E-state index contributed by atoms with van der Waals surface area (Å²) in [4.78, 5) is 3.34. The maximum absolute atomic E-state index is 3.34. The van der Waals surface area contributed by atoms with E-state index in [1.165, 1.54) is 22.4 Å². The van der Waals surface area contributed by atoms with Crippen LogP contribution in [-0.2, 0) is 6.42 Å². The maximum atomic E-state index is 3.34. The zero-order chi connectivity index (χ0) is 12.2. The van der Waals surface area contributed by atoms with E-state index in [1.54, 1.807) is 0 Å². The highest BCUT2D eigenvalue weighted by Gasteiger charge is 2.06. The summed E-state index contributed by atoms with van der Waals surface area (Å²) in [6.45, 7) is 0. The lowest BCUT2D eigenvalue weighted by Gasteiger charge is -2.04. The molecule has 1 heterocycles. The van der Waals surface area contributed by atoms with Crippen LogP contribution in [-0.4, -0.2) is 4.98 Å². The molecule has 18 heavy (non-hydrogen) atoms.